The Morgan fingerprint density at radius 1 is 1.31 bits per heavy atom. The number of rotatable bonds is 9. The van der Waals surface area contributed by atoms with E-state index < -0.39 is 28.4 Å². The summed E-state index contributed by atoms with van der Waals surface area (Å²) in [4.78, 5) is 34.8. The van der Waals surface area contributed by atoms with E-state index in [1.165, 1.54) is 13.0 Å². The Morgan fingerprint density at radius 3 is 2.66 bits per heavy atom. The zero-order valence-electron chi connectivity index (χ0n) is 16.5. The number of anilines is 1. The van der Waals surface area contributed by atoms with E-state index in [2.05, 4.69) is 16.7 Å². The van der Waals surface area contributed by atoms with Gasteiger partial charge in [-0.25, -0.2) is 0 Å². The standard InChI is InChI=1S/C20H26N4O5/c1-15(19(26)23-20(14-21)11-5-2-6-12-20)29-18(25)10-7-13-22-16-8-3-4-9-17(16)24(27)28/h3-4,8-9,15,22H,2,5-7,10-13H2,1H3,(H,23,26)/t15-/m1/s1. The monoisotopic (exact) mass is 402 g/mol. The van der Waals surface area contributed by atoms with E-state index in [1.54, 1.807) is 18.2 Å². The molecule has 0 saturated heterocycles. The van der Waals surface area contributed by atoms with Gasteiger partial charge in [-0.15, -0.1) is 0 Å². The lowest BCUT2D eigenvalue weighted by Crippen LogP contribution is -2.52. The van der Waals surface area contributed by atoms with Gasteiger partial charge in [0.25, 0.3) is 11.6 Å². The molecular formula is C20H26N4O5. The molecule has 0 spiro atoms. The van der Waals surface area contributed by atoms with Crippen LogP contribution in [0.2, 0.25) is 0 Å². The Morgan fingerprint density at radius 2 is 2.00 bits per heavy atom. The molecule has 0 bridgehead atoms. The van der Waals surface area contributed by atoms with Gasteiger partial charge in [0, 0.05) is 19.0 Å². The second-order valence-corrected chi connectivity index (χ2v) is 7.18. The van der Waals surface area contributed by atoms with Gasteiger partial charge >= 0.3 is 5.97 Å². The molecule has 9 nitrogen and oxygen atoms in total. The minimum atomic E-state index is -0.988. The number of amides is 1. The van der Waals surface area contributed by atoms with Crippen LogP contribution >= 0.6 is 0 Å². The zero-order valence-corrected chi connectivity index (χ0v) is 16.5. The molecule has 2 N–H and O–H groups in total. The molecule has 1 aliphatic carbocycles. The molecule has 1 aromatic carbocycles. The Kier molecular flexibility index (Phi) is 7.95. The average molecular weight is 402 g/mol. The maximum absolute atomic E-state index is 12.3. The van der Waals surface area contributed by atoms with Crippen molar-refractivity contribution in [2.24, 2.45) is 0 Å². The predicted molar refractivity (Wildman–Crippen MR) is 106 cm³/mol. The summed E-state index contributed by atoms with van der Waals surface area (Å²) in [7, 11) is 0. The third kappa shape index (κ3) is 6.45. The zero-order chi connectivity index (χ0) is 21.3. The van der Waals surface area contributed by atoms with Crippen molar-refractivity contribution >= 4 is 23.3 Å². The van der Waals surface area contributed by atoms with Gasteiger partial charge in [0.05, 0.1) is 11.0 Å². The number of nitro groups is 1. The molecular weight excluding hydrogens is 376 g/mol. The highest BCUT2D eigenvalue weighted by molar-refractivity contribution is 5.84. The van der Waals surface area contributed by atoms with Crippen molar-refractivity contribution in [2.45, 2.75) is 63.5 Å². The van der Waals surface area contributed by atoms with E-state index in [4.69, 9.17) is 4.74 Å². The molecule has 0 aromatic heterocycles. The van der Waals surface area contributed by atoms with E-state index >= 15 is 0 Å². The molecule has 1 aromatic rings. The number of nitrogens with one attached hydrogen (secondary N) is 2. The molecule has 2 rings (SSSR count). The second-order valence-electron chi connectivity index (χ2n) is 7.18. The van der Waals surface area contributed by atoms with Crippen LogP contribution in [-0.2, 0) is 14.3 Å². The van der Waals surface area contributed by atoms with Crippen molar-refractivity contribution in [3.63, 3.8) is 0 Å². The third-order valence-electron chi connectivity index (χ3n) is 4.93. The van der Waals surface area contributed by atoms with Crippen LogP contribution in [0.25, 0.3) is 0 Å². The Labute approximate surface area is 169 Å². The van der Waals surface area contributed by atoms with Crippen LogP contribution in [0.1, 0.15) is 51.9 Å². The van der Waals surface area contributed by atoms with Crippen LogP contribution in [0.4, 0.5) is 11.4 Å². The minimum Gasteiger partial charge on any atom is -0.453 e. The number of esters is 1. The smallest absolute Gasteiger partial charge is 0.306 e. The van der Waals surface area contributed by atoms with Gasteiger partial charge in [-0.05, 0) is 32.3 Å². The summed E-state index contributed by atoms with van der Waals surface area (Å²) in [5.74, 6) is -1.01. The lowest BCUT2D eigenvalue weighted by Gasteiger charge is -2.32. The lowest BCUT2D eigenvalue weighted by molar-refractivity contribution is -0.384. The first-order valence-electron chi connectivity index (χ1n) is 9.77. The first kappa shape index (κ1) is 22.1. The number of para-hydroxylation sites is 2. The maximum atomic E-state index is 12.3. The predicted octanol–water partition coefficient (Wildman–Crippen LogP) is 3.06. The SMILES string of the molecule is C[C@@H](OC(=O)CCCNc1ccccc1[N+](=O)[O-])C(=O)NC1(C#N)CCCCC1. The molecule has 1 saturated carbocycles. The molecule has 1 fully saturated rings. The molecule has 9 heteroatoms. The summed E-state index contributed by atoms with van der Waals surface area (Å²) < 4.78 is 5.16. The van der Waals surface area contributed by atoms with E-state index in [0.29, 0.717) is 31.5 Å². The van der Waals surface area contributed by atoms with Crippen LogP contribution < -0.4 is 10.6 Å². The van der Waals surface area contributed by atoms with E-state index in [-0.39, 0.29) is 12.1 Å². The topological polar surface area (TPSA) is 134 Å². The van der Waals surface area contributed by atoms with Crippen molar-refractivity contribution in [2.75, 3.05) is 11.9 Å². The van der Waals surface area contributed by atoms with Crippen LogP contribution in [-0.4, -0.2) is 35.0 Å². The molecule has 1 aliphatic rings. The number of nitriles is 1. The first-order chi connectivity index (χ1) is 13.9. The van der Waals surface area contributed by atoms with Crippen LogP contribution in [0.3, 0.4) is 0 Å². The molecule has 0 aliphatic heterocycles. The number of hydrogen-bond donors (Lipinski definition) is 2. The Bertz CT molecular complexity index is 783. The number of nitro benzene ring substituents is 1. The number of nitrogens with zero attached hydrogens (tertiary/aromatic N) is 2. The van der Waals surface area contributed by atoms with Crippen molar-refractivity contribution in [3.8, 4) is 6.07 Å². The Hall–Kier alpha value is -3.15. The summed E-state index contributed by atoms with van der Waals surface area (Å²) in [6, 6.07) is 8.46. The van der Waals surface area contributed by atoms with Crippen molar-refractivity contribution in [1.82, 2.24) is 5.32 Å². The number of hydrogen-bond acceptors (Lipinski definition) is 7. The van der Waals surface area contributed by atoms with Gasteiger partial charge in [-0.1, -0.05) is 31.4 Å². The molecule has 0 heterocycles. The largest absolute Gasteiger partial charge is 0.453 e. The fraction of sp³-hybridized carbons (Fsp3) is 0.550. The average Bonchev–Trinajstić information content (AvgIpc) is 2.72. The quantitative estimate of drug-likeness (QED) is 0.280. The fourth-order valence-electron chi connectivity index (χ4n) is 3.31. The molecule has 1 amide bonds. The minimum absolute atomic E-state index is 0.0329. The van der Waals surface area contributed by atoms with Gasteiger partial charge in [0.1, 0.15) is 11.2 Å². The lowest BCUT2D eigenvalue weighted by atomic mass is 9.83. The summed E-state index contributed by atoms with van der Waals surface area (Å²) in [5.41, 5.74) is -0.521. The van der Waals surface area contributed by atoms with Crippen molar-refractivity contribution in [3.05, 3.63) is 34.4 Å². The highest BCUT2D eigenvalue weighted by Crippen LogP contribution is 2.27. The van der Waals surface area contributed by atoms with E-state index in [1.807, 2.05) is 0 Å². The summed E-state index contributed by atoms with van der Waals surface area (Å²) >= 11 is 0. The van der Waals surface area contributed by atoms with Gasteiger partial charge in [-0.3, -0.25) is 19.7 Å². The van der Waals surface area contributed by atoms with Gasteiger partial charge in [0.2, 0.25) is 0 Å². The number of carbonyl (C=O) groups excluding carboxylic acids is 2. The van der Waals surface area contributed by atoms with Crippen LogP contribution in [0.5, 0.6) is 0 Å². The molecule has 0 radical (unpaired) electrons. The number of benzene rings is 1. The number of carbonyl (C=O) groups is 2. The molecule has 29 heavy (non-hydrogen) atoms. The maximum Gasteiger partial charge on any atom is 0.306 e. The molecule has 156 valence electrons. The molecule has 0 unspecified atom stereocenters. The summed E-state index contributed by atoms with van der Waals surface area (Å²) in [6.45, 7) is 1.82. The normalized spacial score (nSPS) is 16.1. The second kappa shape index (κ2) is 10.4. The van der Waals surface area contributed by atoms with Gasteiger partial charge < -0.3 is 15.4 Å². The molecule has 1 atom stereocenters. The highest BCUT2D eigenvalue weighted by atomic mass is 16.6. The summed E-state index contributed by atoms with van der Waals surface area (Å²) in [5, 5.41) is 26.1. The van der Waals surface area contributed by atoms with Crippen LogP contribution in [0.15, 0.2) is 24.3 Å². The van der Waals surface area contributed by atoms with Crippen molar-refractivity contribution < 1.29 is 19.2 Å². The van der Waals surface area contributed by atoms with Crippen LogP contribution in [0, 0.1) is 21.4 Å². The highest BCUT2D eigenvalue weighted by Gasteiger charge is 2.35. The first-order valence-corrected chi connectivity index (χ1v) is 9.77. The summed E-state index contributed by atoms with van der Waals surface area (Å²) in [6.07, 6.45) is 3.49. The van der Waals surface area contributed by atoms with Crippen molar-refractivity contribution in [1.29, 1.82) is 5.26 Å². The van der Waals surface area contributed by atoms with Gasteiger partial charge in [-0.2, -0.15) is 5.26 Å². The Balaban J connectivity index is 1.74. The van der Waals surface area contributed by atoms with E-state index in [9.17, 15) is 25.0 Å². The fourth-order valence-corrected chi connectivity index (χ4v) is 3.31. The number of ether oxygens (including phenoxy) is 1. The third-order valence-corrected chi connectivity index (χ3v) is 4.93. The van der Waals surface area contributed by atoms with E-state index in [0.717, 1.165) is 19.3 Å². The van der Waals surface area contributed by atoms with Gasteiger partial charge in [0.15, 0.2) is 6.10 Å².